The van der Waals surface area contributed by atoms with Gasteiger partial charge in [0.1, 0.15) is 0 Å². The summed E-state index contributed by atoms with van der Waals surface area (Å²) >= 11 is 5.36. The molecule has 2 saturated carbocycles. The molecule has 2 fully saturated rings. The highest BCUT2D eigenvalue weighted by Crippen LogP contribution is 2.49. The Morgan fingerprint density at radius 2 is 2.29 bits per heavy atom. The van der Waals surface area contributed by atoms with E-state index in [2.05, 4.69) is 33.5 Å². The summed E-state index contributed by atoms with van der Waals surface area (Å²) in [5.41, 5.74) is 3.08. The third-order valence-corrected chi connectivity index (χ3v) is 6.22. The van der Waals surface area contributed by atoms with E-state index in [9.17, 15) is 0 Å². The van der Waals surface area contributed by atoms with Crippen molar-refractivity contribution in [3.63, 3.8) is 0 Å². The molecule has 0 saturated heterocycles. The maximum atomic E-state index is 5.78. The standard InChI is InChI=1S/C13H19BrN2S/c14-13-4-3-10(17-13)7-12(16-15)11-6-8-1-2-9(11)5-8/h3-4,8-9,11-12,16H,1-2,5-7,15H2. The molecule has 2 nitrogen and oxygen atoms in total. The van der Waals surface area contributed by atoms with Gasteiger partial charge in [-0.1, -0.05) is 6.42 Å². The van der Waals surface area contributed by atoms with E-state index in [4.69, 9.17) is 5.84 Å². The van der Waals surface area contributed by atoms with Gasteiger partial charge in [-0.25, -0.2) is 0 Å². The molecule has 4 unspecified atom stereocenters. The number of thiophene rings is 1. The molecule has 0 aliphatic heterocycles. The molecule has 1 heterocycles. The normalized spacial score (nSPS) is 33.2. The summed E-state index contributed by atoms with van der Waals surface area (Å²) in [5, 5.41) is 0. The minimum atomic E-state index is 0.468. The van der Waals surface area contributed by atoms with Gasteiger partial charge in [-0.3, -0.25) is 11.3 Å². The highest BCUT2D eigenvalue weighted by molar-refractivity contribution is 9.11. The number of fused-ring (bicyclic) bond motifs is 2. The quantitative estimate of drug-likeness (QED) is 0.661. The van der Waals surface area contributed by atoms with Crippen LogP contribution < -0.4 is 11.3 Å². The first-order valence-electron chi connectivity index (χ1n) is 6.46. The molecule has 2 aliphatic carbocycles. The van der Waals surface area contributed by atoms with Crippen LogP contribution in [0.2, 0.25) is 0 Å². The van der Waals surface area contributed by atoms with Crippen LogP contribution in [0.3, 0.4) is 0 Å². The second kappa shape index (κ2) is 5.00. The van der Waals surface area contributed by atoms with Crippen LogP contribution in [-0.2, 0) is 6.42 Å². The van der Waals surface area contributed by atoms with Crippen LogP contribution in [0.4, 0.5) is 0 Å². The molecular formula is C13H19BrN2S. The monoisotopic (exact) mass is 314 g/mol. The average Bonchev–Trinajstić information content (AvgIpc) is 3.01. The highest BCUT2D eigenvalue weighted by Gasteiger charge is 2.42. The van der Waals surface area contributed by atoms with Gasteiger partial charge in [0.05, 0.1) is 3.79 Å². The topological polar surface area (TPSA) is 38.0 Å². The van der Waals surface area contributed by atoms with Crippen molar-refractivity contribution in [3.05, 3.63) is 20.8 Å². The number of nitrogens with two attached hydrogens (primary N) is 1. The van der Waals surface area contributed by atoms with Crippen LogP contribution in [0.1, 0.15) is 30.6 Å². The molecule has 3 N–H and O–H groups in total. The molecule has 2 bridgehead atoms. The zero-order valence-electron chi connectivity index (χ0n) is 9.86. The lowest BCUT2D eigenvalue weighted by Crippen LogP contribution is -2.44. The van der Waals surface area contributed by atoms with Crippen LogP contribution in [0.5, 0.6) is 0 Å². The van der Waals surface area contributed by atoms with Crippen molar-refractivity contribution in [1.82, 2.24) is 5.43 Å². The molecule has 1 aromatic heterocycles. The second-order valence-corrected chi connectivity index (χ2v) is 8.07. The first-order chi connectivity index (χ1) is 8.26. The van der Waals surface area contributed by atoms with E-state index >= 15 is 0 Å². The van der Waals surface area contributed by atoms with Crippen molar-refractivity contribution >= 4 is 27.3 Å². The Hall–Kier alpha value is 0.1000. The maximum absolute atomic E-state index is 5.78. The van der Waals surface area contributed by atoms with Crippen LogP contribution in [0, 0.1) is 17.8 Å². The lowest BCUT2D eigenvalue weighted by atomic mass is 9.82. The van der Waals surface area contributed by atoms with Gasteiger partial charge in [-0.05, 0) is 71.5 Å². The lowest BCUT2D eigenvalue weighted by Gasteiger charge is -2.29. The van der Waals surface area contributed by atoms with Gasteiger partial charge in [-0.15, -0.1) is 11.3 Å². The number of hydrazine groups is 1. The summed E-state index contributed by atoms with van der Waals surface area (Å²) < 4.78 is 1.22. The Bertz CT molecular complexity index is 393. The number of nitrogens with one attached hydrogen (secondary N) is 1. The van der Waals surface area contributed by atoms with Crippen molar-refractivity contribution in [2.75, 3.05) is 0 Å². The Labute approximate surface area is 115 Å². The minimum absolute atomic E-state index is 0.468. The zero-order chi connectivity index (χ0) is 11.8. The van der Waals surface area contributed by atoms with Crippen molar-refractivity contribution in [3.8, 4) is 0 Å². The number of rotatable bonds is 4. The second-order valence-electron chi connectivity index (χ2n) is 5.52. The summed E-state index contributed by atoms with van der Waals surface area (Å²) in [4.78, 5) is 1.43. The minimum Gasteiger partial charge on any atom is -0.271 e. The third-order valence-electron chi connectivity index (χ3n) is 4.57. The molecule has 2 aliphatic rings. The molecule has 1 aromatic rings. The Morgan fingerprint density at radius 1 is 1.41 bits per heavy atom. The maximum Gasteiger partial charge on any atom is 0.0701 e. The Kier molecular flexibility index (Phi) is 3.57. The smallest absolute Gasteiger partial charge is 0.0701 e. The number of hydrogen-bond acceptors (Lipinski definition) is 3. The molecule has 4 heteroatoms. The molecule has 0 aromatic carbocycles. The first-order valence-corrected chi connectivity index (χ1v) is 8.07. The predicted octanol–water partition coefficient (Wildman–Crippen LogP) is 3.32. The van der Waals surface area contributed by atoms with Crippen molar-refractivity contribution in [2.45, 2.75) is 38.1 Å². The van der Waals surface area contributed by atoms with Crippen molar-refractivity contribution in [2.24, 2.45) is 23.6 Å². The van der Waals surface area contributed by atoms with E-state index in [1.807, 2.05) is 11.3 Å². The summed E-state index contributed by atoms with van der Waals surface area (Å²) in [6.07, 6.45) is 6.83. The summed E-state index contributed by atoms with van der Waals surface area (Å²) in [6.45, 7) is 0. The fourth-order valence-corrected chi connectivity index (χ4v) is 5.34. The van der Waals surface area contributed by atoms with E-state index in [0.717, 1.165) is 24.2 Å². The summed E-state index contributed by atoms with van der Waals surface area (Å²) in [5.74, 6) is 8.52. The third kappa shape index (κ3) is 2.46. The fraction of sp³-hybridized carbons (Fsp3) is 0.692. The Balaban J connectivity index is 1.67. The summed E-state index contributed by atoms with van der Waals surface area (Å²) in [7, 11) is 0. The molecule has 0 amide bonds. The molecule has 94 valence electrons. The number of hydrogen-bond donors (Lipinski definition) is 2. The number of halogens is 1. The van der Waals surface area contributed by atoms with Gasteiger partial charge < -0.3 is 0 Å². The van der Waals surface area contributed by atoms with Crippen LogP contribution >= 0.6 is 27.3 Å². The molecule has 17 heavy (non-hydrogen) atoms. The predicted molar refractivity (Wildman–Crippen MR) is 75.8 cm³/mol. The van der Waals surface area contributed by atoms with E-state index in [-0.39, 0.29) is 0 Å². The average molecular weight is 315 g/mol. The first kappa shape index (κ1) is 12.2. The fourth-order valence-electron chi connectivity index (χ4n) is 3.80. The van der Waals surface area contributed by atoms with Gasteiger partial charge in [-0.2, -0.15) is 0 Å². The SMILES string of the molecule is NNC(Cc1ccc(Br)s1)C1CC2CCC1C2. The van der Waals surface area contributed by atoms with Gasteiger partial charge in [0.15, 0.2) is 0 Å². The van der Waals surface area contributed by atoms with Gasteiger partial charge in [0.25, 0.3) is 0 Å². The molecular weight excluding hydrogens is 296 g/mol. The zero-order valence-corrected chi connectivity index (χ0v) is 12.3. The van der Waals surface area contributed by atoms with Gasteiger partial charge in [0.2, 0.25) is 0 Å². The van der Waals surface area contributed by atoms with E-state index in [0.29, 0.717) is 6.04 Å². The highest BCUT2D eigenvalue weighted by atomic mass is 79.9. The van der Waals surface area contributed by atoms with E-state index < -0.39 is 0 Å². The van der Waals surface area contributed by atoms with Crippen molar-refractivity contribution < 1.29 is 0 Å². The van der Waals surface area contributed by atoms with E-state index in [1.165, 1.54) is 34.3 Å². The Morgan fingerprint density at radius 3 is 2.82 bits per heavy atom. The molecule has 4 atom stereocenters. The summed E-state index contributed by atoms with van der Waals surface area (Å²) in [6, 6.07) is 4.82. The largest absolute Gasteiger partial charge is 0.271 e. The van der Waals surface area contributed by atoms with Gasteiger partial charge >= 0.3 is 0 Å². The molecule has 0 spiro atoms. The lowest BCUT2D eigenvalue weighted by molar-refractivity contribution is 0.249. The van der Waals surface area contributed by atoms with Crippen molar-refractivity contribution in [1.29, 1.82) is 0 Å². The molecule has 3 rings (SSSR count). The van der Waals surface area contributed by atoms with Crippen LogP contribution in [0.25, 0.3) is 0 Å². The van der Waals surface area contributed by atoms with E-state index in [1.54, 1.807) is 0 Å². The van der Waals surface area contributed by atoms with Crippen LogP contribution in [-0.4, -0.2) is 6.04 Å². The van der Waals surface area contributed by atoms with Crippen LogP contribution in [0.15, 0.2) is 15.9 Å². The van der Waals surface area contributed by atoms with Gasteiger partial charge in [0, 0.05) is 10.9 Å². The molecule has 0 radical (unpaired) electrons.